The molecule has 0 aromatic rings. The van der Waals surface area contributed by atoms with Crippen LogP contribution in [-0.2, 0) is 10.2 Å². The zero-order chi connectivity index (χ0) is 12.9. The van der Waals surface area contributed by atoms with Gasteiger partial charge in [-0.15, -0.1) is 0 Å². The zero-order valence-corrected chi connectivity index (χ0v) is 11.7. The minimum atomic E-state index is -3.32. The Morgan fingerprint density at radius 1 is 1.18 bits per heavy atom. The Labute approximate surface area is 105 Å². The van der Waals surface area contributed by atoms with Gasteiger partial charge in [0.05, 0.1) is 0 Å². The van der Waals surface area contributed by atoms with Crippen LogP contribution in [0.2, 0.25) is 0 Å². The van der Waals surface area contributed by atoms with E-state index < -0.39 is 10.2 Å². The van der Waals surface area contributed by atoms with Crippen molar-refractivity contribution in [2.45, 2.75) is 45.6 Å². The SMILES string of the molecule is CC(C)N(CCN)S(=O)(=O)N1CCCCCC1. The third-order valence-corrected chi connectivity index (χ3v) is 5.33. The highest BCUT2D eigenvalue weighted by Crippen LogP contribution is 2.17. The van der Waals surface area contributed by atoms with E-state index in [-0.39, 0.29) is 6.04 Å². The average Bonchev–Trinajstić information content (AvgIpc) is 2.53. The second kappa shape index (κ2) is 6.68. The molecule has 1 aliphatic rings. The number of hydrogen-bond acceptors (Lipinski definition) is 3. The fourth-order valence-electron chi connectivity index (χ4n) is 2.19. The summed E-state index contributed by atoms with van der Waals surface area (Å²) in [6, 6.07) is -0.0354. The van der Waals surface area contributed by atoms with E-state index >= 15 is 0 Å². The van der Waals surface area contributed by atoms with Crippen LogP contribution in [0.15, 0.2) is 0 Å². The molecule has 1 rings (SSSR count). The minimum Gasteiger partial charge on any atom is -0.329 e. The van der Waals surface area contributed by atoms with E-state index in [1.54, 1.807) is 4.31 Å². The maximum Gasteiger partial charge on any atom is 0.282 e. The van der Waals surface area contributed by atoms with E-state index in [4.69, 9.17) is 5.73 Å². The third-order valence-electron chi connectivity index (χ3n) is 3.11. The summed E-state index contributed by atoms with van der Waals surface area (Å²) in [7, 11) is -3.32. The van der Waals surface area contributed by atoms with Gasteiger partial charge in [0, 0.05) is 32.2 Å². The summed E-state index contributed by atoms with van der Waals surface area (Å²) >= 11 is 0. The molecule has 0 atom stereocenters. The molecule has 0 bridgehead atoms. The first-order chi connectivity index (χ1) is 8.00. The molecule has 6 heteroatoms. The van der Waals surface area contributed by atoms with Crippen molar-refractivity contribution in [3.05, 3.63) is 0 Å². The van der Waals surface area contributed by atoms with Gasteiger partial charge in [-0.05, 0) is 26.7 Å². The largest absolute Gasteiger partial charge is 0.329 e. The highest BCUT2D eigenvalue weighted by molar-refractivity contribution is 7.86. The summed E-state index contributed by atoms with van der Waals surface area (Å²) in [5.41, 5.74) is 5.50. The van der Waals surface area contributed by atoms with Crippen molar-refractivity contribution in [2.24, 2.45) is 5.73 Å². The van der Waals surface area contributed by atoms with Gasteiger partial charge in [-0.3, -0.25) is 0 Å². The van der Waals surface area contributed by atoms with Crippen LogP contribution in [0.5, 0.6) is 0 Å². The zero-order valence-electron chi connectivity index (χ0n) is 10.9. The van der Waals surface area contributed by atoms with E-state index in [0.717, 1.165) is 25.7 Å². The molecule has 0 spiro atoms. The van der Waals surface area contributed by atoms with Crippen molar-refractivity contribution >= 4 is 10.2 Å². The quantitative estimate of drug-likeness (QED) is 0.797. The summed E-state index contributed by atoms with van der Waals surface area (Å²) < 4.78 is 28.1. The monoisotopic (exact) mass is 263 g/mol. The van der Waals surface area contributed by atoms with Gasteiger partial charge >= 0.3 is 0 Å². The topological polar surface area (TPSA) is 66.6 Å². The lowest BCUT2D eigenvalue weighted by Crippen LogP contribution is -2.48. The maximum absolute atomic E-state index is 12.5. The van der Waals surface area contributed by atoms with Crippen LogP contribution in [0.25, 0.3) is 0 Å². The fraction of sp³-hybridized carbons (Fsp3) is 1.00. The molecule has 0 saturated carbocycles. The second-order valence-electron chi connectivity index (χ2n) is 4.81. The summed E-state index contributed by atoms with van der Waals surface area (Å²) in [6.07, 6.45) is 4.19. The third kappa shape index (κ3) is 3.91. The van der Waals surface area contributed by atoms with Crippen molar-refractivity contribution in [2.75, 3.05) is 26.2 Å². The van der Waals surface area contributed by atoms with Crippen LogP contribution < -0.4 is 5.73 Å². The Hall–Kier alpha value is -0.170. The smallest absolute Gasteiger partial charge is 0.282 e. The molecule has 0 amide bonds. The predicted octanol–water partition coefficient (Wildman–Crippen LogP) is 0.776. The molecule has 17 heavy (non-hydrogen) atoms. The Kier molecular flexibility index (Phi) is 5.85. The fourth-order valence-corrected chi connectivity index (χ4v) is 4.07. The van der Waals surface area contributed by atoms with Crippen LogP contribution in [0, 0.1) is 0 Å². The van der Waals surface area contributed by atoms with Crippen LogP contribution in [0.3, 0.4) is 0 Å². The molecular weight excluding hydrogens is 238 g/mol. The van der Waals surface area contributed by atoms with Gasteiger partial charge in [0.2, 0.25) is 0 Å². The molecule has 0 radical (unpaired) electrons. The highest BCUT2D eigenvalue weighted by atomic mass is 32.2. The van der Waals surface area contributed by atoms with E-state index in [2.05, 4.69) is 0 Å². The van der Waals surface area contributed by atoms with Crippen molar-refractivity contribution in [3.8, 4) is 0 Å². The summed E-state index contributed by atoms with van der Waals surface area (Å²) in [5.74, 6) is 0. The Balaban J connectivity index is 2.81. The number of nitrogens with zero attached hydrogens (tertiary/aromatic N) is 2. The summed E-state index contributed by atoms with van der Waals surface area (Å²) in [6.45, 7) is 5.85. The average molecular weight is 263 g/mol. The van der Waals surface area contributed by atoms with E-state index in [9.17, 15) is 8.42 Å². The number of hydrogen-bond donors (Lipinski definition) is 1. The first kappa shape index (κ1) is 14.9. The van der Waals surface area contributed by atoms with Crippen LogP contribution in [-0.4, -0.2) is 49.2 Å². The van der Waals surface area contributed by atoms with E-state index in [1.807, 2.05) is 13.8 Å². The Bertz CT molecular complexity index is 309. The molecule has 1 aliphatic heterocycles. The van der Waals surface area contributed by atoms with Crippen molar-refractivity contribution in [3.63, 3.8) is 0 Å². The van der Waals surface area contributed by atoms with Gasteiger partial charge in [-0.25, -0.2) is 0 Å². The molecule has 2 N–H and O–H groups in total. The van der Waals surface area contributed by atoms with Crippen LogP contribution in [0.4, 0.5) is 0 Å². The van der Waals surface area contributed by atoms with Crippen molar-refractivity contribution in [1.82, 2.24) is 8.61 Å². The van der Waals surface area contributed by atoms with Gasteiger partial charge in [-0.2, -0.15) is 17.0 Å². The number of nitrogens with two attached hydrogens (primary N) is 1. The predicted molar refractivity (Wildman–Crippen MR) is 69.9 cm³/mol. The maximum atomic E-state index is 12.5. The van der Waals surface area contributed by atoms with Crippen molar-refractivity contribution < 1.29 is 8.42 Å². The Morgan fingerprint density at radius 2 is 1.71 bits per heavy atom. The lowest BCUT2D eigenvalue weighted by atomic mass is 10.2. The standard InChI is InChI=1S/C11H25N3O2S/c1-11(2)14(10-7-12)17(15,16)13-8-5-3-4-6-9-13/h11H,3-10,12H2,1-2H3. The van der Waals surface area contributed by atoms with Gasteiger partial charge in [0.1, 0.15) is 0 Å². The molecule has 0 unspecified atom stereocenters. The van der Waals surface area contributed by atoms with Gasteiger partial charge in [-0.1, -0.05) is 12.8 Å². The summed E-state index contributed by atoms with van der Waals surface area (Å²) in [5, 5.41) is 0. The molecule has 1 heterocycles. The van der Waals surface area contributed by atoms with Gasteiger partial charge < -0.3 is 5.73 Å². The van der Waals surface area contributed by atoms with Crippen molar-refractivity contribution in [1.29, 1.82) is 0 Å². The molecular formula is C11H25N3O2S. The van der Waals surface area contributed by atoms with Crippen LogP contribution >= 0.6 is 0 Å². The van der Waals surface area contributed by atoms with Crippen LogP contribution in [0.1, 0.15) is 39.5 Å². The molecule has 0 aromatic heterocycles. The Morgan fingerprint density at radius 3 is 2.12 bits per heavy atom. The molecule has 1 saturated heterocycles. The molecule has 102 valence electrons. The molecule has 0 aromatic carbocycles. The molecule has 1 fully saturated rings. The number of rotatable bonds is 5. The van der Waals surface area contributed by atoms with E-state index in [0.29, 0.717) is 26.2 Å². The normalized spacial score (nSPS) is 19.8. The summed E-state index contributed by atoms with van der Waals surface area (Å²) in [4.78, 5) is 0. The first-order valence-corrected chi connectivity index (χ1v) is 7.87. The lowest BCUT2D eigenvalue weighted by molar-refractivity contribution is 0.310. The first-order valence-electron chi connectivity index (χ1n) is 6.47. The minimum absolute atomic E-state index is 0.0354. The molecule has 5 nitrogen and oxygen atoms in total. The highest BCUT2D eigenvalue weighted by Gasteiger charge is 2.31. The second-order valence-corrected chi connectivity index (χ2v) is 6.70. The van der Waals surface area contributed by atoms with Gasteiger partial charge in [0.25, 0.3) is 10.2 Å². The molecule has 0 aliphatic carbocycles. The van der Waals surface area contributed by atoms with E-state index in [1.165, 1.54) is 4.31 Å². The van der Waals surface area contributed by atoms with Gasteiger partial charge in [0.15, 0.2) is 0 Å². The lowest BCUT2D eigenvalue weighted by Gasteiger charge is -2.31.